The Hall–Kier alpha value is -1.17. The average Bonchev–Trinajstić information content (AvgIpc) is 2.45. The summed E-state index contributed by atoms with van der Waals surface area (Å²) in [5.74, 6) is -1.26. The molecule has 0 heterocycles. The minimum Gasteiger partial charge on any atom is -0.463 e. The molecule has 1 aliphatic carbocycles. The largest absolute Gasteiger partial charge is 0.463 e. The van der Waals surface area contributed by atoms with Crippen molar-refractivity contribution in [3.05, 3.63) is 24.3 Å². The van der Waals surface area contributed by atoms with Gasteiger partial charge in [-0.25, -0.2) is 14.6 Å². The molecular formula is C14H22O5. The van der Waals surface area contributed by atoms with Crippen molar-refractivity contribution in [2.45, 2.75) is 45.0 Å². The molecule has 0 aromatic heterocycles. The maximum atomic E-state index is 11.5. The number of ether oxygens (including phenoxy) is 2. The molecule has 0 radical (unpaired) electrons. The summed E-state index contributed by atoms with van der Waals surface area (Å²) in [6.45, 7) is 7.37. The smallest absolute Gasteiger partial charge is 0.336 e. The molecule has 0 spiro atoms. The van der Waals surface area contributed by atoms with E-state index in [-0.39, 0.29) is 5.57 Å². The molecule has 0 saturated heterocycles. The minimum absolute atomic E-state index is 0.222. The fraction of sp³-hybridized carbons (Fsp3) is 0.643. The van der Waals surface area contributed by atoms with Crippen LogP contribution >= 0.6 is 0 Å². The van der Waals surface area contributed by atoms with Crippen LogP contribution in [-0.2, 0) is 24.0 Å². The number of methoxy groups -OCH3 is 1. The molecule has 5 heteroatoms. The lowest BCUT2D eigenvalue weighted by molar-refractivity contribution is -0.436. The molecular weight excluding hydrogens is 248 g/mol. The van der Waals surface area contributed by atoms with Gasteiger partial charge in [-0.2, -0.15) is 0 Å². The Morgan fingerprint density at radius 2 is 2.21 bits per heavy atom. The van der Waals surface area contributed by atoms with E-state index in [0.717, 1.165) is 6.42 Å². The first-order valence-corrected chi connectivity index (χ1v) is 6.45. The Morgan fingerprint density at radius 3 is 2.74 bits per heavy atom. The summed E-state index contributed by atoms with van der Waals surface area (Å²) in [5.41, 5.74) is 0.222. The molecule has 0 amide bonds. The molecule has 2 atom stereocenters. The quantitative estimate of drug-likeness (QED) is 0.178. The summed E-state index contributed by atoms with van der Waals surface area (Å²) in [6.07, 6.45) is 5.66. The topological polar surface area (TPSA) is 54.0 Å². The van der Waals surface area contributed by atoms with Crippen LogP contribution in [0.1, 0.15) is 33.1 Å². The van der Waals surface area contributed by atoms with Crippen molar-refractivity contribution in [3.63, 3.8) is 0 Å². The predicted molar refractivity (Wildman–Crippen MR) is 70.1 cm³/mol. The van der Waals surface area contributed by atoms with E-state index in [1.807, 2.05) is 6.08 Å². The third kappa shape index (κ3) is 4.45. The first-order chi connectivity index (χ1) is 9.04. The van der Waals surface area contributed by atoms with E-state index in [1.54, 1.807) is 21.0 Å². The Balaban J connectivity index is 2.48. The van der Waals surface area contributed by atoms with E-state index < -0.39 is 17.9 Å². The zero-order valence-corrected chi connectivity index (χ0v) is 11.8. The molecule has 2 unspecified atom stereocenters. The van der Waals surface area contributed by atoms with Crippen LogP contribution in [0.4, 0.5) is 0 Å². The van der Waals surface area contributed by atoms with Crippen molar-refractivity contribution in [2.24, 2.45) is 0 Å². The summed E-state index contributed by atoms with van der Waals surface area (Å²) in [6, 6.07) is 0. The molecule has 1 rings (SSSR count). The van der Waals surface area contributed by atoms with E-state index in [0.29, 0.717) is 19.4 Å². The summed E-state index contributed by atoms with van der Waals surface area (Å²) in [7, 11) is 1.58. The minimum atomic E-state index is -0.780. The van der Waals surface area contributed by atoms with Gasteiger partial charge < -0.3 is 9.47 Å². The van der Waals surface area contributed by atoms with Crippen molar-refractivity contribution < 1.29 is 24.0 Å². The van der Waals surface area contributed by atoms with E-state index in [4.69, 9.17) is 19.2 Å². The van der Waals surface area contributed by atoms with Gasteiger partial charge in [0.1, 0.15) is 6.10 Å². The van der Waals surface area contributed by atoms with E-state index in [9.17, 15) is 4.79 Å². The van der Waals surface area contributed by atoms with Gasteiger partial charge in [-0.1, -0.05) is 18.7 Å². The van der Waals surface area contributed by atoms with E-state index in [2.05, 4.69) is 12.7 Å². The number of hydrogen-bond acceptors (Lipinski definition) is 5. The first kappa shape index (κ1) is 15.9. The molecule has 108 valence electrons. The predicted octanol–water partition coefficient (Wildman–Crippen LogP) is 2.53. The second kappa shape index (κ2) is 7.43. The van der Waals surface area contributed by atoms with Crippen LogP contribution in [0, 0.1) is 0 Å². The highest BCUT2D eigenvalue weighted by Gasteiger charge is 2.33. The molecule has 0 N–H and O–H groups in total. The summed E-state index contributed by atoms with van der Waals surface area (Å²) < 4.78 is 10.2. The Morgan fingerprint density at radius 1 is 1.47 bits per heavy atom. The van der Waals surface area contributed by atoms with Gasteiger partial charge in [0.2, 0.25) is 5.79 Å². The van der Waals surface area contributed by atoms with Gasteiger partial charge in [0.15, 0.2) is 0 Å². The van der Waals surface area contributed by atoms with Gasteiger partial charge in [-0.05, 0) is 20.3 Å². The van der Waals surface area contributed by atoms with Crippen LogP contribution in [0.5, 0.6) is 0 Å². The average molecular weight is 270 g/mol. The van der Waals surface area contributed by atoms with E-state index >= 15 is 0 Å². The first-order valence-electron chi connectivity index (χ1n) is 6.45. The lowest BCUT2D eigenvalue weighted by Gasteiger charge is -2.32. The van der Waals surface area contributed by atoms with Crippen LogP contribution in [0.3, 0.4) is 0 Å². The maximum Gasteiger partial charge on any atom is 0.336 e. The Kier molecular flexibility index (Phi) is 6.21. The van der Waals surface area contributed by atoms with Crippen molar-refractivity contribution in [2.75, 3.05) is 13.7 Å². The van der Waals surface area contributed by atoms with Crippen molar-refractivity contribution >= 4 is 5.97 Å². The highest BCUT2D eigenvalue weighted by atomic mass is 17.2. The van der Waals surface area contributed by atoms with Gasteiger partial charge in [0.25, 0.3) is 0 Å². The van der Waals surface area contributed by atoms with Gasteiger partial charge in [0.05, 0.1) is 12.2 Å². The third-order valence-electron chi connectivity index (χ3n) is 3.03. The summed E-state index contributed by atoms with van der Waals surface area (Å²) >= 11 is 0. The van der Waals surface area contributed by atoms with E-state index in [1.165, 1.54) is 0 Å². The van der Waals surface area contributed by atoms with Crippen molar-refractivity contribution in [1.82, 2.24) is 0 Å². The zero-order valence-electron chi connectivity index (χ0n) is 11.8. The number of carbonyl (C=O) groups excluding carboxylic acids is 1. The lowest BCUT2D eigenvalue weighted by Crippen LogP contribution is -2.37. The molecule has 1 aliphatic rings. The lowest BCUT2D eigenvalue weighted by atomic mass is 10.0. The molecule has 19 heavy (non-hydrogen) atoms. The molecule has 0 saturated carbocycles. The zero-order chi connectivity index (χ0) is 14.3. The number of hydrogen-bond donors (Lipinski definition) is 0. The maximum absolute atomic E-state index is 11.5. The molecule has 0 aliphatic heterocycles. The number of esters is 1. The Bertz CT molecular complexity index is 350. The van der Waals surface area contributed by atoms with Crippen LogP contribution in [0.2, 0.25) is 0 Å². The number of rotatable bonds is 7. The fourth-order valence-electron chi connectivity index (χ4n) is 1.69. The highest BCUT2D eigenvalue weighted by Crippen LogP contribution is 2.29. The van der Waals surface area contributed by atoms with Crippen molar-refractivity contribution in [1.29, 1.82) is 0 Å². The van der Waals surface area contributed by atoms with Crippen LogP contribution in [0.25, 0.3) is 0 Å². The number of carbonyl (C=O) groups is 1. The second-order valence-electron chi connectivity index (χ2n) is 4.40. The Labute approximate surface area is 114 Å². The third-order valence-corrected chi connectivity index (χ3v) is 3.03. The number of allylic oxidation sites excluding steroid dienone is 1. The standard InChI is InChI=1S/C14H22O5/c1-5-17-13(15)11(2)12(3)18-19-14(16-4)9-7-6-8-10-14/h6-7,12H,2,5,8-10H2,1,3-4H3. The normalized spacial score (nSPS) is 23.9. The fourth-order valence-corrected chi connectivity index (χ4v) is 1.69. The highest BCUT2D eigenvalue weighted by molar-refractivity contribution is 5.88. The molecule has 0 bridgehead atoms. The van der Waals surface area contributed by atoms with Gasteiger partial charge >= 0.3 is 5.97 Å². The van der Waals surface area contributed by atoms with Crippen LogP contribution < -0.4 is 0 Å². The van der Waals surface area contributed by atoms with Gasteiger partial charge in [0, 0.05) is 20.0 Å². The molecule has 0 fully saturated rings. The molecule has 0 aromatic rings. The van der Waals surface area contributed by atoms with Gasteiger partial charge in [-0.15, -0.1) is 0 Å². The molecule has 0 aromatic carbocycles. The van der Waals surface area contributed by atoms with Crippen LogP contribution in [0.15, 0.2) is 24.3 Å². The molecule has 5 nitrogen and oxygen atoms in total. The summed E-state index contributed by atoms with van der Waals surface area (Å²) in [5, 5.41) is 0. The summed E-state index contributed by atoms with van der Waals surface area (Å²) in [4.78, 5) is 22.1. The van der Waals surface area contributed by atoms with Crippen LogP contribution in [-0.4, -0.2) is 31.6 Å². The SMILES string of the molecule is C=C(C(=O)OCC)C(C)OOC1(OC)CC=CCC1. The van der Waals surface area contributed by atoms with Gasteiger partial charge in [-0.3, -0.25) is 0 Å². The van der Waals surface area contributed by atoms with Crippen molar-refractivity contribution in [3.8, 4) is 0 Å². The second-order valence-corrected chi connectivity index (χ2v) is 4.40. The monoisotopic (exact) mass is 270 g/mol.